The molecule has 21 heavy (non-hydrogen) atoms. The van der Waals surface area contributed by atoms with Gasteiger partial charge in [-0.3, -0.25) is 0 Å². The van der Waals surface area contributed by atoms with Gasteiger partial charge in [-0.1, -0.05) is 5.16 Å². The van der Waals surface area contributed by atoms with Crippen LogP contribution in [0.15, 0.2) is 22.9 Å². The molecule has 0 saturated carbocycles. The van der Waals surface area contributed by atoms with E-state index in [0.29, 0.717) is 0 Å². The molecule has 0 radical (unpaired) electrons. The number of carbonyl (C=O) groups is 1. The Bertz CT molecular complexity index is 637. The van der Waals surface area contributed by atoms with Crippen LogP contribution in [-0.2, 0) is 6.18 Å². The van der Waals surface area contributed by atoms with Gasteiger partial charge in [0.1, 0.15) is 5.69 Å². The van der Waals surface area contributed by atoms with Crippen molar-refractivity contribution >= 4 is 6.09 Å². The first-order valence-corrected chi connectivity index (χ1v) is 5.54. The number of alkyl halides is 3. The zero-order valence-electron chi connectivity index (χ0n) is 10.9. The summed E-state index contributed by atoms with van der Waals surface area (Å²) in [5, 5.41) is 3.19. The third-order valence-electron chi connectivity index (χ3n) is 2.20. The van der Waals surface area contributed by atoms with Gasteiger partial charge in [0.2, 0.25) is 5.82 Å². The average molecular weight is 302 g/mol. The van der Waals surface area contributed by atoms with E-state index in [4.69, 9.17) is 4.74 Å². The van der Waals surface area contributed by atoms with E-state index in [1.54, 1.807) is 0 Å². The maximum Gasteiger partial charge on any atom is 0.471 e. The van der Waals surface area contributed by atoms with Crippen molar-refractivity contribution in [2.75, 3.05) is 14.1 Å². The highest BCUT2D eigenvalue weighted by molar-refractivity contribution is 5.70. The van der Waals surface area contributed by atoms with Crippen molar-refractivity contribution in [3.8, 4) is 17.3 Å². The van der Waals surface area contributed by atoms with Gasteiger partial charge in [0, 0.05) is 14.1 Å². The van der Waals surface area contributed by atoms with Crippen LogP contribution >= 0.6 is 0 Å². The smallest absolute Gasteiger partial charge is 0.409 e. The number of nitrogens with zero attached hydrogens (tertiary/aromatic N) is 4. The maximum atomic E-state index is 12.3. The molecule has 2 heterocycles. The molecule has 0 atom stereocenters. The van der Waals surface area contributed by atoms with Crippen LogP contribution < -0.4 is 4.74 Å². The summed E-state index contributed by atoms with van der Waals surface area (Å²) in [5.41, 5.74) is 0.0545. The van der Waals surface area contributed by atoms with Crippen molar-refractivity contribution in [1.82, 2.24) is 20.0 Å². The molecule has 10 heteroatoms. The number of hydrogen-bond acceptors (Lipinski definition) is 6. The van der Waals surface area contributed by atoms with Crippen molar-refractivity contribution in [3.05, 3.63) is 24.2 Å². The fraction of sp³-hybridized carbons (Fsp3) is 0.273. The summed E-state index contributed by atoms with van der Waals surface area (Å²) < 4.78 is 46.0. The Morgan fingerprint density at radius 2 is 2.05 bits per heavy atom. The lowest BCUT2D eigenvalue weighted by molar-refractivity contribution is -0.159. The Balaban J connectivity index is 2.16. The van der Waals surface area contributed by atoms with Crippen molar-refractivity contribution in [3.63, 3.8) is 0 Å². The highest BCUT2D eigenvalue weighted by atomic mass is 19.4. The molecule has 112 valence electrons. The second-order valence-electron chi connectivity index (χ2n) is 4.06. The van der Waals surface area contributed by atoms with Crippen molar-refractivity contribution < 1.29 is 27.2 Å². The second kappa shape index (κ2) is 5.38. The molecule has 1 amide bonds. The molecule has 0 aliphatic rings. The molecule has 0 spiro atoms. The predicted octanol–water partition coefficient (Wildman–Crippen LogP) is 2.21. The topological polar surface area (TPSA) is 81.4 Å². The zero-order chi connectivity index (χ0) is 15.6. The van der Waals surface area contributed by atoms with E-state index < -0.39 is 18.2 Å². The number of amides is 1. The van der Waals surface area contributed by atoms with Gasteiger partial charge in [-0.25, -0.2) is 9.78 Å². The van der Waals surface area contributed by atoms with Gasteiger partial charge in [-0.2, -0.15) is 18.2 Å². The first kappa shape index (κ1) is 14.8. The van der Waals surface area contributed by atoms with E-state index in [0.717, 1.165) is 0 Å². The summed E-state index contributed by atoms with van der Waals surface area (Å²) in [6, 6.07) is 2.66. The fourth-order valence-electron chi connectivity index (χ4n) is 1.21. The fourth-order valence-corrected chi connectivity index (χ4v) is 1.21. The minimum absolute atomic E-state index is 0.0545. The molecule has 7 nitrogen and oxygen atoms in total. The number of hydrogen-bond donors (Lipinski definition) is 0. The van der Waals surface area contributed by atoms with Crippen LogP contribution in [0.25, 0.3) is 11.5 Å². The van der Waals surface area contributed by atoms with Gasteiger partial charge >= 0.3 is 18.2 Å². The van der Waals surface area contributed by atoms with Gasteiger partial charge in [-0.05, 0) is 12.1 Å². The number of aromatic nitrogens is 3. The molecular formula is C11H9F3N4O3. The van der Waals surface area contributed by atoms with Gasteiger partial charge in [-0.15, -0.1) is 0 Å². The SMILES string of the molecule is CN(C)C(=O)Oc1ccc(-c2noc(C(F)(F)F)n2)nc1. The number of halogens is 3. The van der Waals surface area contributed by atoms with Gasteiger partial charge in [0.25, 0.3) is 0 Å². The van der Waals surface area contributed by atoms with Crippen molar-refractivity contribution in [2.45, 2.75) is 6.18 Å². The summed E-state index contributed by atoms with van der Waals surface area (Å²) in [7, 11) is 3.00. The minimum atomic E-state index is -4.72. The minimum Gasteiger partial charge on any atom is -0.409 e. The van der Waals surface area contributed by atoms with Crippen molar-refractivity contribution in [1.29, 1.82) is 0 Å². The second-order valence-corrected chi connectivity index (χ2v) is 4.06. The van der Waals surface area contributed by atoms with Crippen LogP contribution in [0.3, 0.4) is 0 Å². The lowest BCUT2D eigenvalue weighted by Crippen LogP contribution is -2.25. The molecule has 2 aromatic heterocycles. The summed E-state index contributed by atoms with van der Waals surface area (Å²) in [6.07, 6.45) is -4.16. The van der Waals surface area contributed by atoms with Crippen LogP contribution in [0.5, 0.6) is 5.75 Å². The van der Waals surface area contributed by atoms with Crippen LogP contribution in [0.4, 0.5) is 18.0 Å². The van der Waals surface area contributed by atoms with E-state index in [1.807, 2.05) is 0 Å². The third-order valence-corrected chi connectivity index (χ3v) is 2.20. The Morgan fingerprint density at radius 1 is 1.33 bits per heavy atom. The standard InChI is InChI=1S/C11H9F3N4O3/c1-18(2)10(19)20-6-3-4-7(15-5-6)8-16-9(21-17-8)11(12,13)14/h3-5H,1-2H3. The monoisotopic (exact) mass is 302 g/mol. The van der Waals surface area contributed by atoms with Gasteiger partial charge < -0.3 is 14.2 Å². The first-order valence-electron chi connectivity index (χ1n) is 5.54. The van der Waals surface area contributed by atoms with Gasteiger partial charge in [0.05, 0.1) is 6.20 Å². The Kier molecular flexibility index (Phi) is 3.78. The number of pyridine rings is 1. The lowest BCUT2D eigenvalue weighted by atomic mass is 10.3. The molecule has 0 aliphatic heterocycles. The largest absolute Gasteiger partial charge is 0.471 e. The molecule has 0 N–H and O–H groups in total. The molecular weight excluding hydrogens is 293 g/mol. The summed E-state index contributed by atoms with van der Waals surface area (Å²) in [6.45, 7) is 0. The maximum absolute atomic E-state index is 12.3. The van der Waals surface area contributed by atoms with Crippen LogP contribution in [-0.4, -0.2) is 40.2 Å². The Hall–Kier alpha value is -2.65. The van der Waals surface area contributed by atoms with Gasteiger partial charge in [0.15, 0.2) is 5.75 Å². The van der Waals surface area contributed by atoms with Crippen LogP contribution in [0.2, 0.25) is 0 Å². The van der Waals surface area contributed by atoms with Crippen LogP contribution in [0.1, 0.15) is 5.89 Å². The molecule has 0 fully saturated rings. The van der Waals surface area contributed by atoms with E-state index >= 15 is 0 Å². The summed E-state index contributed by atoms with van der Waals surface area (Å²) in [5.74, 6) is -1.63. The molecule has 0 aliphatic carbocycles. The number of ether oxygens (including phenoxy) is 1. The molecule has 0 unspecified atom stereocenters. The lowest BCUT2D eigenvalue weighted by Gasteiger charge is -2.10. The van der Waals surface area contributed by atoms with E-state index in [9.17, 15) is 18.0 Å². The normalized spacial score (nSPS) is 11.3. The predicted molar refractivity (Wildman–Crippen MR) is 62.2 cm³/mol. The summed E-state index contributed by atoms with van der Waals surface area (Å²) >= 11 is 0. The molecule has 0 aromatic carbocycles. The third kappa shape index (κ3) is 3.46. The van der Waals surface area contributed by atoms with Crippen molar-refractivity contribution in [2.24, 2.45) is 0 Å². The molecule has 0 bridgehead atoms. The highest BCUT2D eigenvalue weighted by Crippen LogP contribution is 2.29. The highest BCUT2D eigenvalue weighted by Gasteiger charge is 2.38. The number of rotatable bonds is 2. The summed E-state index contributed by atoms with van der Waals surface area (Å²) in [4.78, 5) is 19.5. The molecule has 2 aromatic rings. The quantitative estimate of drug-likeness (QED) is 0.846. The first-order chi connectivity index (χ1) is 9.77. The van der Waals surface area contributed by atoms with E-state index in [1.165, 1.54) is 37.3 Å². The molecule has 0 saturated heterocycles. The zero-order valence-corrected chi connectivity index (χ0v) is 10.9. The van der Waals surface area contributed by atoms with E-state index in [-0.39, 0.29) is 17.3 Å². The Morgan fingerprint density at radius 3 is 2.52 bits per heavy atom. The Labute approximate surface area is 116 Å². The molecule has 2 rings (SSSR count). The van der Waals surface area contributed by atoms with Crippen LogP contribution in [0, 0.1) is 0 Å². The average Bonchev–Trinajstić information content (AvgIpc) is 2.89. The van der Waals surface area contributed by atoms with E-state index in [2.05, 4.69) is 19.6 Å². The number of carbonyl (C=O) groups excluding carboxylic acids is 1.